The van der Waals surface area contributed by atoms with Gasteiger partial charge in [-0.15, -0.1) is 0 Å². The van der Waals surface area contributed by atoms with Gasteiger partial charge in [-0.2, -0.15) is 0 Å². The molecule has 0 saturated heterocycles. The van der Waals surface area contributed by atoms with E-state index in [4.69, 9.17) is 0 Å². The van der Waals surface area contributed by atoms with Gasteiger partial charge in [0.2, 0.25) is 0 Å². The molecule has 0 spiro atoms. The van der Waals surface area contributed by atoms with E-state index in [9.17, 15) is 0 Å². The average Bonchev–Trinajstić information content (AvgIpc) is 2.39. The van der Waals surface area contributed by atoms with Gasteiger partial charge in [0.1, 0.15) is 0 Å². The van der Waals surface area contributed by atoms with Crippen LogP contribution in [0.2, 0.25) is 0 Å². The first kappa shape index (κ1) is 13.7. The van der Waals surface area contributed by atoms with Crippen molar-refractivity contribution in [2.75, 3.05) is 5.32 Å². The van der Waals surface area contributed by atoms with Gasteiger partial charge in [-0.25, -0.2) is 0 Å². The standard InChI is InChI=1S/C18H23N/c1-12(2)16-8-6-7-9-17(16)19-18-14(4)11-10-13(3)15(18)5/h6-12,19H,1-5H3. The molecular weight excluding hydrogens is 230 g/mol. The van der Waals surface area contributed by atoms with E-state index >= 15 is 0 Å². The molecule has 0 aliphatic rings. The topological polar surface area (TPSA) is 12.0 Å². The van der Waals surface area contributed by atoms with Gasteiger partial charge in [-0.05, 0) is 55.0 Å². The second-order valence-electron chi connectivity index (χ2n) is 5.57. The Morgan fingerprint density at radius 3 is 2.16 bits per heavy atom. The third-order valence-corrected chi connectivity index (χ3v) is 3.79. The Balaban J connectivity index is 2.45. The Labute approximate surface area is 116 Å². The van der Waals surface area contributed by atoms with Crippen LogP contribution in [0.4, 0.5) is 11.4 Å². The largest absolute Gasteiger partial charge is 0.355 e. The summed E-state index contributed by atoms with van der Waals surface area (Å²) in [5, 5.41) is 3.63. The maximum atomic E-state index is 3.63. The molecule has 0 aliphatic heterocycles. The van der Waals surface area contributed by atoms with Crippen LogP contribution in [-0.4, -0.2) is 0 Å². The molecule has 0 aromatic heterocycles. The van der Waals surface area contributed by atoms with Crippen molar-refractivity contribution < 1.29 is 0 Å². The lowest BCUT2D eigenvalue weighted by atomic mass is 9.99. The van der Waals surface area contributed by atoms with E-state index in [1.807, 2.05) is 0 Å². The van der Waals surface area contributed by atoms with Gasteiger partial charge in [-0.1, -0.05) is 44.2 Å². The predicted octanol–water partition coefficient (Wildman–Crippen LogP) is 5.48. The van der Waals surface area contributed by atoms with Crippen LogP contribution in [0.3, 0.4) is 0 Å². The highest BCUT2D eigenvalue weighted by atomic mass is 14.9. The fourth-order valence-corrected chi connectivity index (χ4v) is 2.39. The minimum atomic E-state index is 0.522. The van der Waals surface area contributed by atoms with Crippen molar-refractivity contribution in [3.63, 3.8) is 0 Å². The Morgan fingerprint density at radius 2 is 1.47 bits per heavy atom. The molecule has 0 radical (unpaired) electrons. The van der Waals surface area contributed by atoms with E-state index < -0.39 is 0 Å². The first-order valence-corrected chi connectivity index (χ1v) is 6.93. The Bertz CT molecular complexity index is 582. The first-order valence-electron chi connectivity index (χ1n) is 6.93. The summed E-state index contributed by atoms with van der Waals surface area (Å²) in [6.07, 6.45) is 0. The van der Waals surface area contributed by atoms with Crippen LogP contribution in [0.15, 0.2) is 36.4 Å². The summed E-state index contributed by atoms with van der Waals surface area (Å²) in [6, 6.07) is 12.9. The normalized spacial score (nSPS) is 10.8. The van der Waals surface area contributed by atoms with Crippen molar-refractivity contribution in [3.05, 3.63) is 58.7 Å². The molecule has 2 rings (SSSR count). The number of hydrogen-bond donors (Lipinski definition) is 1. The lowest BCUT2D eigenvalue weighted by Gasteiger charge is -2.18. The molecule has 2 aromatic carbocycles. The average molecular weight is 253 g/mol. The highest BCUT2D eigenvalue weighted by molar-refractivity contribution is 5.70. The van der Waals surface area contributed by atoms with E-state index in [1.165, 1.54) is 33.6 Å². The summed E-state index contributed by atoms with van der Waals surface area (Å²) in [7, 11) is 0. The molecule has 1 N–H and O–H groups in total. The minimum Gasteiger partial charge on any atom is -0.355 e. The number of hydrogen-bond acceptors (Lipinski definition) is 1. The van der Waals surface area contributed by atoms with Crippen LogP contribution in [-0.2, 0) is 0 Å². The van der Waals surface area contributed by atoms with Gasteiger partial charge >= 0.3 is 0 Å². The second-order valence-corrected chi connectivity index (χ2v) is 5.57. The Morgan fingerprint density at radius 1 is 0.842 bits per heavy atom. The van der Waals surface area contributed by atoms with Crippen LogP contribution in [0.5, 0.6) is 0 Å². The van der Waals surface area contributed by atoms with Crippen LogP contribution < -0.4 is 5.32 Å². The quantitative estimate of drug-likeness (QED) is 0.763. The van der Waals surface area contributed by atoms with Crippen molar-refractivity contribution in [2.24, 2.45) is 0 Å². The summed E-state index contributed by atoms with van der Waals surface area (Å²) in [4.78, 5) is 0. The number of para-hydroxylation sites is 1. The highest BCUT2D eigenvalue weighted by Gasteiger charge is 2.09. The van der Waals surface area contributed by atoms with Crippen molar-refractivity contribution in [1.29, 1.82) is 0 Å². The molecule has 0 unspecified atom stereocenters. The zero-order valence-electron chi connectivity index (χ0n) is 12.5. The number of anilines is 2. The van der Waals surface area contributed by atoms with Gasteiger partial charge in [0.05, 0.1) is 0 Å². The van der Waals surface area contributed by atoms with Gasteiger partial charge in [0, 0.05) is 11.4 Å². The molecule has 1 heteroatoms. The van der Waals surface area contributed by atoms with Gasteiger partial charge < -0.3 is 5.32 Å². The van der Waals surface area contributed by atoms with E-state index in [0.717, 1.165) is 0 Å². The molecule has 0 atom stereocenters. The summed E-state index contributed by atoms with van der Waals surface area (Å²) < 4.78 is 0. The molecule has 0 bridgehead atoms. The summed E-state index contributed by atoms with van der Waals surface area (Å²) in [5.41, 5.74) is 7.78. The number of benzene rings is 2. The predicted molar refractivity (Wildman–Crippen MR) is 84.5 cm³/mol. The van der Waals surface area contributed by atoms with Crippen molar-refractivity contribution in [3.8, 4) is 0 Å². The smallest absolute Gasteiger partial charge is 0.0446 e. The van der Waals surface area contributed by atoms with Crippen LogP contribution in [0.1, 0.15) is 42.0 Å². The monoisotopic (exact) mass is 253 g/mol. The molecule has 0 aliphatic carbocycles. The van der Waals surface area contributed by atoms with E-state index in [0.29, 0.717) is 5.92 Å². The molecule has 2 aromatic rings. The van der Waals surface area contributed by atoms with Crippen molar-refractivity contribution in [2.45, 2.75) is 40.5 Å². The Hall–Kier alpha value is -1.76. The number of aryl methyl sites for hydroxylation is 2. The third-order valence-electron chi connectivity index (χ3n) is 3.79. The van der Waals surface area contributed by atoms with E-state index in [-0.39, 0.29) is 0 Å². The summed E-state index contributed by atoms with van der Waals surface area (Å²) in [6.45, 7) is 11.0. The van der Waals surface area contributed by atoms with Gasteiger partial charge in [0.25, 0.3) is 0 Å². The SMILES string of the molecule is Cc1ccc(C)c(Nc2ccccc2C(C)C)c1C. The number of rotatable bonds is 3. The molecule has 0 saturated carbocycles. The van der Waals surface area contributed by atoms with Crippen molar-refractivity contribution >= 4 is 11.4 Å². The fraction of sp³-hybridized carbons (Fsp3) is 0.333. The number of nitrogens with one attached hydrogen (secondary N) is 1. The maximum absolute atomic E-state index is 3.63. The molecule has 0 fully saturated rings. The van der Waals surface area contributed by atoms with Crippen LogP contribution >= 0.6 is 0 Å². The summed E-state index contributed by atoms with van der Waals surface area (Å²) in [5.74, 6) is 0.522. The second kappa shape index (κ2) is 5.48. The highest BCUT2D eigenvalue weighted by Crippen LogP contribution is 2.31. The minimum absolute atomic E-state index is 0.522. The zero-order valence-corrected chi connectivity index (χ0v) is 12.5. The zero-order chi connectivity index (χ0) is 14.0. The molecule has 1 nitrogen and oxygen atoms in total. The molecule has 0 amide bonds. The Kier molecular flexibility index (Phi) is 3.94. The van der Waals surface area contributed by atoms with Crippen LogP contribution in [0.25, 0.3) is 0 Å². The van der Waals surface area contributed by atoms with Gasteiger partial charge in [0.15, 0.2) is 0 Å². The fourth-order valence-electron chi connectivity index (χ4n) is 2.39. The summed E-state index contributed by atoms with van der Waals surface area (Å²) >= 11 is 0. The van der Waals surface area contributed by atoms with Crippen LogP contribution in [0, 0.1) is 20.8 Å². The van der Waals surface area contributed by atoms with E-state index in [1.54, 1.807) is 0 Å². The van der Waals surface area contributed by atoms with Gasteiger partial charge in [-0.3, -0.25) is 0 Å². The molecular formula is C18H23N. The van der Waals surface area contributed by atoms with E-state index in [2.05, 4.69) is 76.3 Å². The molecule has 19 heavy (non-hydrogen) atoms. The maximum Gasteiger partial charge on any atom is 0.0446 e. The molecule has 100 valence electrons. The lowest BCUT2D eigenvalue weighted by molar-refractivity contribution is 0.869. The molecule has 0 heterocycles. The lowest BCUT2D eigenvalue weighted by Crippen LogP contribution is -2.01. The van der Waals surface area contributed by atoms with Crippen molar-refractivity contribution in [1.82, 2.24) is 0 Å². The third kappa shape index (κ3) is 2.81. The first-order chi connectivity index (χ1) is 9.00.